The number of benzene rings is 1. The molecule has 5 rings (SSSR count). The summed E-state index contributed by atoms with van der Waals surface area (Å²) in [6.45, 7) is -0.192. The zero-order chi connectivity index (χ0) is 26.2. The fraction of sp³-hybridized carbons (Fsp3) is 0.357. The SMILES string of the molecule is CN(C)C1=CC(C(=O)C2CCCCC2)(c2c(C(=O)Nc3ccc(Cl)cn3)oc3ccc(CO)cc23)N=C1. The third-order valence-corrected chi connectivity index (χ3v) is 7.34. The molecule has 1 atom stereocenters. The van der Waals surface area contributed by atoms with Crippen LogP contribution in [0.2, 0.25) is 5.02 Å². The molecule has 1 aromatic carbocycles. The summed E-state index contributed by atoms with van der Waals surface area (Å²) in [5, 5.41) is 13.6. The first kappa shape index (κ1) is 25.2. The van der Waals surface area contributed by atoms with Gasteiger partial charge in [0, 0.05) is 37.8 Å². The van der Waals surface area contributed by atoms with E-state index in [1.54, 1.807) is 36.5 Å². The minimum atomic E-state index is -1.43. The number of amides is 1. The van der Waals surface area contributed by atoms with E-state index in [0.29, 0.717) is 32.9 Å². The number of aromatic nitrogens is 1. The molecule has 1 aliphatic heterocycles. The van der Waals surface area contributed by atoms with E-state index < -0.39 is 11.4 Å². The van der Waals surface area contributed by atoms with Gasteiger partial charge in [-0.2, -0.15) is 0 Å². The lowest BCUT2D eigenvalue weighted by atomic mass is 9.74. The minimum Gasteiger partial charge on any atom is -0.450 e. The van der Waals surface area contributed by atoms with E-state index in [1.807, 2.05) is 25.1 Å². The van der Waals surface area contributed by atoms with Crippen molar-refractivity contribution in [3.05, 3.63) is 70.2 Å². The monoisotopic (exact) mass is 520 g/mol. The van der Waals surface area contributed by atoms with Crippen LogP contribution >= 0.6 is 11.6 Å². The van der Waals surface area contributed by atoms with E-state index in [-0.39, 0.29) is 24.1 Å². The first-order chi connectivity index (χ1) is 17.8. The van der Waals surface area contributed by atoms with Gasteiger partial charge in [-0.15, -0.1) is 0 Å². The molecule has 1 unspecified atom stereocenters. The van der Waals surface area contributed by atoms with Crippen LogP contribution in [0.4, 0.5) is 5.82 Å². The number of allylic oxidation sites excluding steroid dienone is 1. The summed E-state index contributed by atoms with van der Waals surface area (Å²) in [5.41, 5.74) is 0.788. The van der Waals surface area contributed by atoms with Crippen molar-refractivity contribution < 1.29 is 19.1 Å². The number of pyridine rings is 1. The Labute approximate surface area is 220 Å². The second kappa shape index (κ2) is 10.1. The molecule has 8 nitrogen and oxygen atoms in total. The Morgan fingerprint density at radius 2 is 1.97 bits per heavy atom. The van der Waals surface area contributed by atoms with Gasteiger partial charge in [-0.3, -0.25) is 14.6 Å². The van der Waals surface area contributed by atoms with Crippen molar-refractivity contribution in [3.63, 3.8) is 0 Å². The van der Waals surface area contributed by atoms with Gasteiger partial charge in [0.2, 0.25) is 0 Å². The normalized spacial score (nSPS) is 19.7. The van der Waals surface area contributed by atoms with E-state index in [1.165, 1.54) is 6.20 Å². The first-order valence-electron chi connectivity index (χ1n) is 12.4. The number of carbonyl (C=O) groups excluding carboxylic acids is 2. The highest BCUT2D eigenvalue weighted by molar-refractivity contribution is 6.30. The van der Waals surface area contributed by atoms with Crippen LogP contribution in [0.25, 0.3) is 11.0 Å². The lowest BCUT2D eigenvalue weighted by Gasteiger charge is -2.30. The number of halogens is 1. The molecule has 9 heteroatoms. The molecule has 192 valence electrons. The Balaban J connectivity index is 1.71. The maximum atomic E-state index is 14.3. The van der Waals surface area contributed by atoms with E-state index in [0.717, 1.165) is 37.8 Å². The van der Waals surface area contributed by atoms with Crippen LogP contribution in [0.1, 0.15) is 53.8 Å². The Morgan fingerprint density at radius 1 is 1.19 bits per heavy atom. The average Bonchev–Trinajstić information content (AvgIpc) is 3.53. The summed E-state index contributed by atoms with van der Waals surface area (Å²) in [5.74, 6) is -0.493. The Bertz CT molecular complexity index is 1400. The largest absolute Gasteiger partial charge is 0.450 e. The molecule has 37 heavy (non-hydrogen) atoms. The van der Waals surface area contributed by atoms with Crippen LogP contribution in [-0.4, -0.2) is 47.0 Å². The zero-order valence-electron chi connectivity index (χ0n) is 20.8. The van der Waals surface area contributed by atoms with Crippen molar-refractivity contribution >= 4 is 46.3 Å². The molecule has 1 saturated carbocycles. The molecule has 0 radical (unpaired) electrons. The summed E-state index contributed by atoms with van der Waals surface area (Å²) in [6.07, 6.45) is 9.59. The number of nitrogens with zero attached hydrogens (tertiary/aromatic N) is 3. The molecule has 2 N–H and O–H groups in total. The molecular formula is C28H29ClN4O4. The van der Waals surface area contributed by atoms with E-state index in [4.69, 9.17) is 21.0 Å². The highest BCUT2D eigenvalue weighted by Crippen LogP contribution is 2.45. The number of aliphatic hydroxyl groups excluding tert-OH is 1. The van der Waals surface area contributed by atoms with Crippen LogP contribution < -0.4 is 5.32 Å². The molecule has 2 aliphatic rings. The highest BCUT2D eigenvalue weighted by atomic mass is 35.5. The van der Waals surface area contributed by atoms with E-state index in [2.05, 4.69) is 10.3 Å². The number of hydrogen-bond acceptors (Lipinski definition) is 7. The van der Waals surface area contributed by atoms with Crippen LogP contribution in [0.3, 0.4) is 0 Å². The Kier molecular flexibility index (Phi) is 6.88. The molecule has 0 saturated heterocycles. The fourth-order valence-electron chi connectivity index (χ4n) is 5.18. The van der Waals surface area contributed by atoms with Crippen LogP contribution in [0.15, 0.2) is 57.7 Å². The van der Waals surface area contributed by atoms with Gasteiger partial charge >= 0.3 is 0 Å². The summed E-state index contributed by atoms with van der Waals surface area (Å²) < 4.78 is 6.11. The third-order valence-electron chi connectivity index (χ3n) is 7.12. The quantitative estimate of drug-likeness (QED) is 0.448. The van der Waals surface area contributed by atoms with Gasteiger partial charge in [-0.05, 0) is 48.7 Å². The Morgan fingerprint density at radius 3 is 2.62 bits per heavy atom. The van der Waals surface area contributed by atoms with E-state index >= 15 is 0 Å². The number of rotatable bonds is 7. The van der Waals surface area contributed by atoms with Crippen molar-refractivity contribution in [2.45, 2.75) is 44.2 Å². The molecule has 3 aromatic rings. The molecular weight excluding hydrogens is 492 g/mol. The van der Waals surface area contributed by atoms with Gasteiger partial charge in [0.25, 0.3) is 5.91 Å². The standard InChI is InChI=1S/C28H29ClN4O4/c1-33(2)20-13-28(31-15-20,26(35)18-6-4-3-5-7-18)24-21-12-17(16-34)8-10-22(21)37-25(24)27(36)32-23-11-9-19(29)14-30-23/h8-15,18,34H,3-7,16H2,1-2H3,(H,30,32,36). The van der Waals surface area contributed by atoms with Gasteiger partial charge < -0.3 is 19.7 Å². The number of anilines is 1. The number of carbonyl (C=O) groups is 2. The van der Waals surface area contributed by atoms with Crippen molar-refractivity contribution in [1.82, 2.24) is 9.88 Å². The smallest absolute Gasteiger partial charge is 0.292 e. The van der Waals surface area contributed by atoms with Gasteiger partial charge in [0.05, 0.1) is 22.9 Å². The maximum Gasteiger partial charge on any atom is 0.292 e. The molecule has 1 aliphatic carbocycles. The highest BCUT2D eigenvalue weighted by Gasteiger charge is 2.49. The minimum absolute atomic E-state index is 0.0144. The molecule has 1 fully saturated rings. The molecule has 1 amide bonds. The number of hydrogen-bond donors (Lipinski definition) is 2. The second-order valence-corrected chi connectivity index (χ2v) is 10.2. The molecule has 2 aromatic heterocycles. The number of aliphatic imine (C=N–C) groups is 1. The summed E-state index contributed by atoms with van der Waals surface area (Å²) in [7, 11) is 3.77. The van der Waals surface area contributed by atoms with Gasteiger partial charge in [0.1, 0.15) is 11.4 Å². The lowest BCUT2D eigenvalue weighted by molar-refractivity contribution is -0.127. The van der Waals surface area contributed by atoms with Crippen LogP contribution in [-0.2, 0) is 16.9 Å². The third kappa shape index (κ3) is 4.67. The average molecular weight is 521 g/mol. The van der Waals surface area contributed by atoms with Gasteiger partial charge in [0.15, 0.2) is 17.1 Å². The predicted octanol–water partition coefficient (Wildman–Crippen LogP) is 5.10. The van der Waals surface area contributed by atoms with Gasteiger partial charge in [-0.1, -0.05) is 36.9 Å². The van der Waals surface area contributed by atoms with Crippen LogP contribution in [0, 0.1) is 5.92 Å². The van der Waals surface area contributed by atoms with Crippen molar-refractivity contribution in [2.75, 3.05) is 19.4 Å². The topological polar surface area (TPSA) is 108 Å². The number of ketones is 1. The number of Topliss-reactive ketones (excluding diaryl/α,β-unsaturated/α-hetero) is 1. The summed E-state index contributed by atoms with van der Waals surface area (Å²) in [6, 6.07) is 8.41. The number of nitrogens with one attached hydrogen (secondary N) is 1. The van der Waals surface area contributed by atoms with Crippen molar-refractivity contribution in [3.8, 4) is 0 Å². The zero-order valence-corrected chi connectivity index (χ0v) is 21.6. The lowest BCUT2D eigenvalue weighted by Crippen LogP contribution is -2.38. The second-order valence-electron chi connectivity index (χ2n) is 9.80. The fourth-order valence-corrected chi connectivity index (χ4v) is 5.29. The van der Waals surface area contributed by atoms with Crippen molar-refractivity contribution in [1.29, 1.82) is 0 Å². The number of fused-ring (bicyclic) bond motifs is 1. The Hall–Kier alpha value is -3.49. The predicted molar refractivity (Wildman–Crippen MR) is 143 cm³/mol. The number of furan rings is 1. The summed E-state index contributed by atoms with van der Waals surface area (Å²) in [4.78, 5) is 38.8. The molecule has 0 bridgehead atoms. The maximum absolute atomic E-state index is 14.3. The van der Waals surface area contributed by atoms with Crippen molar-refractivity contribution in [2.24, 2.45) is 10.9 Å². The molecule has 3 heterocycles. The molecule has 0 spiro atoms. The summed E-state index contributed by atoms with van der Waals surface area (Å²) >= 11 is 5.95. The van der Waals surface area contributed by atoms with Crippen LogP contribution in [0.5, 0.6) is 0 Å². The van der Waals surface area contributed by atoms with E-state index in [9.17, 15) is 14.7 Å². The van der Waals surface area contributed by atoms with Gasteiger partial charge in [-0.25, -0.2) is 4.98 Å². The number of aliphatic hydroxyl groups is 1. The first-order valence-corrected chi connectivity index (χ1v) is 12.8.